The zero-order chi connectivity index (χ0) is 13.6. The van der Waals surface area contributed by atoms with E-state index < -0.39 is 0 Å². The lowest BCUT2D eigenvalue weighted by atomic mass is 9.72. The molecule has 0 spiro atoms. The fraction of sp³-hybridized carbons (Fsp3) is 0.800. The van der Waals surface area contributed by atoms with E-state index in [1.807, 2.05) is 17.5 Å². The Bertz CT molecular complexity index is 369. The van der Waals surface area contributed by atoms with Crippen LogP contribution in [0.25, 0.3) is 0 Å². The molecular weight excluding hydrogens is 254 g/mol. The summed E-state index contributed by atoms with van der Waals surface area (Å²) in [5, 5.41) is 4.75. The average Bonchev–Trinajstić information content (AvgIpc) is 2.93. The summed E-state index contributed by atoms with van der Waals surface area (Å²) < 4.78 is 0. The molecule has 1 aromatic rings. The minimum Gasteiger partial charge on any atom is -0.330 e. The molecule has 1 heterocycles. The van der Waals surface area contributed by atoms with Crippen LogP contribution in [0.3, 0.4) is 0 Å². The SMILES string of the molecule is CCc1cnc(CNCCC2(CN)CCCCC2)s1. The van der Waals surface area contributed by atoms with Crippen LogP contribution in [0.15, 0.2) is 6.20 Å². The van der Waals surface area contributed by atoms with Gasteiger partial charge in [0.25, 0.3) is 0 Å². The van der Waals surface area contributed by atoms with E-state index in [0.717, 1.165) is 26.1 Å². The van der Waals surface area contributed by atoms with Crippen molar-refractivity contribution in [2.45, 2.75) is 58.4 Å². The third kappa shape index (κ3) is 4.26. The van der Waals surface area contributed by atoms with Gasteiger partial charge in [-0.2, -0.15) is 0 Å². The van der Waals surface area contributed by atoms with E-state index in [1.54, 1.807) is 0 Å². The van der Waals surface area contributed by atoms with E-state index in [-0.39, 0.29) is 0 Å². The number of hydrogen-bond acceptors (Lipinski definition) is 4. The summed E-state index contributed by atoms with van der Waals surface area (Å²) in [6, 6.07) is 0. The Labute approximate surface area is 121 Å². The predicted octanol–water partition coefficient (Wildman–Crippen LogP) is 3.09. The van der Waals surface area contributed by atoms with Gasteiger partial charge in [-0.15, -0.1) is 11.3 Å². The van der Waals surface area contributed by atoms with Gasteiger partial charge >= 0.3 is 0 Å². The Morgan fingerprint density at radius 1 is 1.37 bits per heavy atom. The molecule has 1 saturated carbocycles. The van der Waals surface area contributed by atoms with E-state index in [9.17, 15) is 0 Å². The average molecular weight is 281 g/mol. The smallest absolute Gasteiger partial charge is 0.107 e. The van der Waals surface area contributed by atoms with Gasteiger partial charge in [0, 0.05) is 17.6 Å². The van der Waals surface area contributed by atoms with Gasteiger partial charge in [-0.1, -0.05) is 26.2 Å². The third-order valence-corrected chi connectivity index (χ3v) is 5.55. The van der Waals surface area contributed by atoms with Crippen LogP contribution in [0.5, 0.6) is 0 Å². The van der Waals surface area contributed by atoms with Crippen LogP contribution in [0.1, 0.15) is 55.3 Å². The van der Waals surface area contributed by atoms with Crippen molar-refractivity contribution in [3.63, 3.8) is 0 Å². The molecule has 0 bridgehead atoms. The summed E-state index contributed by atoms with van der Waals surface area (Å²) in [5.41, 5.74) is 6.43. The van der Waals surface area contributed by atoms with Gasteiger partial charge in [0.1, 0.15) is 5.01 Å². The predicted molar refractivity (Wildman–Crippen MR) is 82.4 cm³/mol. The largest absolute Gasteiger partial charge is 0.330 e. The van der Waals surface area contributed by atoms with Crippen LogP contribution in [0, 0.1) is 5.41 Å². The molecule has 1 aromatic heterocycles. The summed E-state index contributed by atoms with van der Waals surface area (Å²) in [6.45, 7) is 5.01. The molecule has 0 unspecified atom stereocenters. The molecule has 3 N–H and O–H groups in total. The molecule has 108 valence electrons. The molecule has 2 rings (SSSR count). The van der Waals surface area contributed by atoms with Gasteiger partial charge in [-0.05, 0) is 44.2 Å². The lowest BCUT2D eigenvalue weighted by Crippen LogP contribution is -2.35. The standard InChI is InChI=1S/C15H27N3S/c1-2-13-10-18-14(19-13)11-17-9-8-15(12-16)6-4-3-5-7-15/h10,17H,2-9,11-12,16H2,1H3. The second-order valence-corrected chi connectivity index (χ2v) is 6.97. The Morgan fingerprint density at radius 2 is 2.16 bits per heavy atom. The lowest BCUT2D eigenvalue weighted by Gasteiger charge is -2.36. The van der Waals surface area contributed by atoms with E-state index in [1.165, 1.54) is 48.4 Å². The van der Waals surface area contributed by atoms with Gasteiger partial charge in [0.15, 0.2) is 0 Å². The second-order valence-electron chi connectivity index (χ2n) is 5.77. The van der Waals surface area contributed by atoms with Crippen molar-refractivity contribution < 1.29 is 0 Å². The zero-order valence-electron chi connectivity index (χ0n) is 12.1. The second kappa shape index (κ2) is 7.36. The molecule has 1 aliphatic rings. The lowest BCUT2D eigenvalue weighted by molar-refractivity contribution is 0.181. The molecule has 0 atom stereocenters. The molecule has 0 aromatic carbocycles. The quantitative estimate of drug-likeness (QED) is 0.755. The fourth-order valence-corrected chi connectivity index (χ4v) is 3.83. The zero-order valence-corrected chi connectivity index (χ0v) is 12.9. The molecule has 0 aliphatic heterocycles. The summed E-state index contributed by atoms with van der Waals surface area (Å²) in [4.78, 5) is 5.82. The normalized spacial score (nSPS) is 18.6. The van der Waals surface area contributed by atoms with E-state index in [0.29, 0.717) is 5.41 Å². The van der Waals surface area contributed by atoms with E-state index in [2.05, 4.69) is 17.2 Å². The van der Waals surface area contributed by atoms with Crippen LogP contribution in [0.2, 0.25) is 0 Å². The molecule has 0 saturated heterocycles. The van der Waals surface area contributed by atoms with E-state index >= 15 is 0 Å². The number of thiazole rings is 1. The Balaban J connectivity index is 1.70. The highest BCUT2D eigenvalue weighted by atomic mass is 32.1. The first-order valence-electron chi connectivity index (χ1n) is 7.62. The molecule has 4 heteroatoms. The first kappa shape index (κ1) is 14.9. The summed E-state index contributed by atoms with van der Waals surface area (Å²) in [6.07, 6.45) is 11.1. The third-order valence-electron chi connectivity index (χ3n) is 4.41. The number of rotatable bonds is 7. The van der Waals surface area contributed by atoms with Gasteiger partial charge in [0.05, 0.1) is 0 Å². The van der Waals surface area contributed by atoms with Crippen LogP contribution < -0.4 is 11.1 Å². The highest BCUT2D eigenvalue weighted by Crippen LogP contribution is 2.37. The first-order chi connectivity index (χ1) is 9.28. The van der Waals surface area contributed by atoms with Crippen LogP contribution >= 0.6 is 11.3 Å². The van der Waals surface area contributed by atoms with Gasteiger partial charge < -0.3 is 11.1 Å². The van der Waals surface area contributed by atoms with Crippen molar-refractivity contribution >= 4 is 11.3 Å². The van der Waals surface area contributed by atoms with Crippen molar-refractivity contribution in [3.8, 4) is 0 Å². The molecule has 0 amide bonds. The van der Waals surface area contributed by atoms with Gasteiger partial charge in [0.2, 0.25) is 0 Å². The Kier molecular flexibility index (Phi) is 5.79. The number of nitrogens with two attached hydrogens (primary N) is 1. The van der Waals surface area contributed by atoms with Crippen LogP contribution in [0.4, 0.5) is 0 Å². The van der Waals surface area contributed by atoms with Gasteiger partial charge in [-0.3, -0.25) is 0 Å². The molecule has 0 radical (unpaired) electrons. The topological polar surface area (TPSA) is 50.9 Å². The highest BCUT2D eigenvalue weighted by molar-refractivity contribution is 7.11. The molecule has 19 heavy (non-hydrogen) atoms. The monoisotopic (exact) mass is 281 g/mol. The molecule has 1 fully saturated rings. The van der Waals surface area contributed by atoms with Crippen molar-refractivity contribution in [3.05, 3.63) is 16.1 Å². The van der Waals surface area contributed by atoms with Crippen LogP contribution in [-0.4, -0.2) is 18.1 Å². The summed E-state index contributed by atoms with van der Waals surface area (Å²) >= 11 is 1.83. The van der Waals surface area contributed by atoms with Crippen molar-refractivity contribution in [2.75, 3.05) is 13.1 Å². The highest BCUT2D eigenvalue weighted by Gasteiger charge is 2.29. The number of aromatic nitrogens is 1. The maximum Gasteiger partial charge on any atom is 0.107 e. The summed E-state index contributed by atoms with van der Waals surface area (Å²) in [5.74, 6) is 0. The Morgan fingerprint density at radius 3 is 2.79 bits per heavy atom. The molecule has 3 nitrogen and oxygen atoms in total. The van der Waals surface area contributed by atoms with Crippen molar-refractivity contribution in [1.82, 2.24) is 10.3 Å². The van der Waals surface area contributed by atoms with Crippen molar-refractivity contribution in [2.24, 2.45) is 11.1 Å². The van der Waals surface area contributed by atoms with Crippen LogP contribution in [-0.2, 0) is 13.0 Å². The Hall–Kier alpha value is -0.450. The molecular formula is C15H27N3S. The van der Waals surface area contributed by atoms with Crippen molar-refractivity contribution in [1.29, 1.82) is 0 Å². The minimum atomic E-state index is 0.419. The maximum absolute atomic E-state index is 6.01. The maximum atomic E-state index is 6.01. The fourth-order valence-electron chi connectivity index (χ4n) is 3.00. The first-order valence-corrected chi connectivity index (χ1v) is 8.44. The van der Waals surface area contributed by atoms with E-state index in [4.69, 9.17) is 5.73 Å². The number of nitrogens with one attached hydrogen (secondary N) is 1. The number of aryl methyl sites for hydroxylation is 1. The number of hydrogen-bond donors (Lipinski definition) is 2. The molecule has 1 aliphatic carbocycles. The van der Waals surface area contributed by atoms with Gasteiger partial charge in [-0.25, -0.2) is 4.98 Å². The number of nitrogens with zero attached hydrogens (tertiary/aromatic N) is 1. The summed E-state index contributed by atoms with van der Waals surface area (Å²) in [7, 11) is 0. The minimum absolute atomic E-state index is 0.419.